The van der Waals surface area contributed by atoms with Crippen molar-refractivity contribution in [1.82, 2.24) is 0 Å². The molecule has 12 rings (SSSR count). The van der Waals surface area contributed by atoms with Gasteiger partial charge in [0.2, 0.25) is 0 Å². The van der Waals surface area contributed by atoms with Crippen LogP contribution in [-0.2, 0) is 0 Å². The van der Waals surface area contributed by atoms with Crippen molar-refractivity contribution in [2.75, 3.05) is 0 Å². The average Bonchev–Trinajstić information content (AvgIpc) is 3.92. The van der Waals surface area contributed by atoms with Crippen molar-refractivity contribution in [3.8, 4) is 32.7 Å². The normalized spacial score (nSPS) is 12.2. The second-order valence-corrected chi connectivity index (χ2v) is 16.1. The maximum Gasteiger partial charge on any atom is 0.144 e. The zero-order valence-corrected chi connectivity index (χ0v) is 30.0. The second-order valence-electron chi connectivity index (χ2n) is 13.9. The van der Waals surface area contributed by atoms with Crippen LogP contribution in [0.3, 0.4) is 0 Å². The topological polar surface area (TPSA) is 13.1 Å². The van der Waals surface area contributed by atoms with Gasteiger partial charge >= 0.3 is 0 Å². The number of furan rings is 1. The van der Waals surface area contributed by atoms with E-state index in [4.69, 9.17) is 4.42 Å². The number of hydrogen-bond acceptors (Lipinski definition) is 3. The minimum Gasteiger partial charge on any atom is -0.455 e. The van der Waals surface area contributed by atoms with Gasteiger partial charge in [-0.05, 0) is 97.0 Å². The van der Waals surface area contributed by atoms with Crippen LogP contribution >= 0.6 is 22.7 Å². The van der Waals surface area contributed by atoms with E-state index in [9.17, 15) is 0 Å². The van der Waals surface area contributed by atoms with Crippen LogP contribution in [0.4, 0.5) is 0 Å². The van der Waals surface area contributed by atoms with E-state index in [1.54, 1.807) is 0 Å². The second kappa shape index (κ2) is 11.1. The minimum atomic E-state index is 0.927. The summed E-state index contributed by atoms with van der Waals surface area (Å²) in [6.07, 6.45) is 0. The fourth-order valence-electron chi connectivity index (χ4n) is 8.79. The molecule has 12 aromatic rings. The van der Waals surface area contributed by atoms with Crippen molar-refractivity contribution >= 4 is 107 Å². The van der Waals surface area contributed by atoms with Crippen molar-refractivity contribution in [3.05, 3.63) is 170 Å². The van der Waals surface area contributed by atoms with Gasteiger partial charge in [0.05, 0.1) is 0 Å². The van der Waals surface area contributed by atoms with Gasteiger partial charge in [-0.3, -0.25) is 0 Å². The van der Waals surface area contributed by atoms with Gasteiger partial charge in [-0.1, -0.05) is 127 Å². The van der Waals surface area contributed by atoms with Gasteiger partial charge < -0.3 is 4.42 Å². The van der Waals surface area contributed by atoms with E-state index in [1.165, 1.54) is 101 Å². The fraction of sp³-hybridized carbons (Fsp3) is 0. The van der Waals surface area contributed by atoms with Gasteiger partial charge in [0, 0.05) is 51.5 Å². The summed E-state index contributed by atoms with van der Waals surface area (Å²) in [5.41, 5.74) is 8.14. The van der Waals surface area contributed by atoms with Gasteiger partial charge in [0.1, 0.15) is 11.2 Å². The molecule has 53 heavy (non-hydrogen) atoms. The Labute approximate surface area is 312 Å². The lowest BCUT2D eigenvalue weighted by Crippen LogP contribution is -1.90. The number of rotatable bonds is 3. The Bertz CT molecular complexity index is 3390. The van der Waals surface area contributed by atoms with Gasteiger partial charge in [-0.15, -0.1) is 22.7 Å². The molecule has 0 amide bonds. The highest BCUT2D eigenvalue weighted by Crippen LogP contribution is 2.49. The Morgan fingerprint density at radius 2 is 0.906 bits per heavy atom. The predicted octanol–water partition coefficient (Wildman–Crippen LogP) is 15.6. The summed E-state index contributed by atoms with van der Waals surface area (Å²) in [7, 11) is 0. The lowest BCUT2D eigenvalue weighted by molar-refractivity contribution is 0.670. The molecule has 0 aliphatic heterocycles. The molecule has 3 heterocycles. The van der Waals surface area contributed by atoms with E-state index < -0.39 is 0 Å². The Morgan fingerprint density at radius 3 is 1.66 bits per heavy atom. The van der Waals surface area contributed by atoms with E-state index in [1.807, 2.05) is 22.7 Å². The molecule has 9 aromatic carbocycles. The number of thiophene rings is 2. The van der Waals surface area contributed by atoms with E-state index >= 15 is 0 Å². The van der Waals surface area contributed by atoms with Crippen molar-refractivity contribution in [3.63, 3.8) is 0 Å². The molecule has 0 saturated heterocycles. The molecule has 0 aliphatic carbocycles. The van der Waals surface area contributed by atoms with E-state index in [0.29, 0.717) is 0 Å². The maximum absolute atomic E-state index is 6.67. The molecule has 0 N–H and O–H groups in total. The number of benzene rings is 9. The summed E-state index contributed by atoms with van der Waals surface area (Å²) in [5.74, 6) is 0. The molecule has 3 aromatic heterocycles. The number of para-hydroxylation sites is 1. The Hall–Kier alpha value is -6.26. The molecule has 1 nitrogen and oxygen atoms in total. The molecule has 3 heteroatoms. The summed E-state index contributed by atoms with van der Waals surface area (Å²) in [4.78, 5) is 1.23. The van der Waals surface area contributed by atoms with Crippen LogP contribution in [0.5, 0.6) is 0 Å². The van der Waals surface area contributed by atoms with E-state index in [0.717, 1.165) is 16.6 Å². The third-order valence-corrected chi connectivity index (χ3v) is 13.3. The van der Waals surface area contributed by atoms with Gasteiger partial charge in [-0.2, -0.15) is 0 Å². The Balaban J connectivity index is 1.13. The molecule has 246 valence electrons. The van der Waals surface area contributed by atoms with Crippen LogP contribution in [0.2, 0.25) is 0 Å². The van der Waals surface area contributed by atoms with Crippen LogP contribution in [0.15, 0.2) is 174 Å². The molecule has 0 aliphatic rings. The zero-order valence-electron chi connectivity index (χ0n) is 28.4. The first-order valence-electron chi connectivity index (χ1n) is 18.0. The van der Waals surface area contributed by atoms with Crippen LogP contribution in [0, 0.1) is 0 Å². The highest BCUT2D eigenvalue weighted by Gasteiger charge is 2.21. The van der Waals surface area contributed by atoms with Crippen LogP contribution in [0.25, 0.3) is 117 Å². The van der Waals surface area contributed by atoms with E-state index in [2.05, 4.69) is 170 Å². The zero-order chi connectivity index (χ0) is 34.6. The molecule has 0 saturated carbocycles. The Kier molecular flexibility index (Phi) is 6.15. The molecule has 0 bridgehead atoms. The molecular weight excluding hydrogens is 681 g/mol. The van der Waals surface area contributed by atoms with Crippen molar-refractivity contribution in [2.24, 2.45) is 0 Å². The number of fused-ring (bicyclic) bond motifs is 11. The summed E-state index contributed by atoms with van der Waals surface area (Å²) < 4.78 is 10.6. The van der Waals surface area contributed by atoms with Crippen LogP contribution in [-0.4, -0.2) is 0 Å². The monoisotopic (exact) mass is 708 g/mol. The smallest absolute Gasteiger partial charge is 0.144 e. The van der Waals surface area contributed by atoms with Gasteiger partial charge in [0.25, 0.3) is 0 Å². The SMILES string of the molecule is c1ccc(-c2c3ccccc3c(-c3ccc4sc5ccc6sc(-c7c8ccccc8cc8c7oc7ccccc78)cc6c5c4c3)c3ccccc23)cc1. The lowest BCUT2D eigenvalue weighted by atomic mass is 9.86. The van der Waals surface area contributed by atoms with Crippen LogP contribution < -0.4 is 0 Å². The standard InChI is InChI=1S/C50H28OS2/c1-2-12-29(13-3-1)46-34-17-6-8-19-36(34)47(37-20-9-7-18-35(37)46)31-22-23-42-39(27-31)48-40-28-45(53-43(40)24-25-44(48)52-42)49-32-15-5-4-14-30(32)26-38-33-16-10-11-21-41(33)51-50(38)49/h1-28H. The lowest BCUT2D eigenvalue weighted by Gasteiger charge is -2.17. The first-order valence-corrected chi connectivity index (χ1v) is 19.6. The van der Waals surface area contributed by atoms with Gasteiger partial charge in [0.15, 0.2) is 0 Å². The highest BCUT2D eigenvalue weighted by molar-refractivity contribution is 7.26. The summed E-state index contributed by atoms with van der Waals surface area (Å²) in [6, 6.07) is 62.3. The largest absolute Gasteiger partial charge is 0.455 e. The third kappa shape index (κ3) is 4.24. The van der Waals surface area contributed by atoms with Gasteiger partial charge in [-0.25, -0.2) is 0 Å². The first kappa shape index (κ1) is 29.3. The van der Waals surface area contributed by atoms with Crippen molar-refractivity contribution < 1.29 is 4.42 Å². The quantitative estimate of drug-likeness (QED) is 0.167. The fourth-order valence-corrected chi connectivity index (χ4v) is 11.0. The molecular formula is C50H28OS2. The average molecular weight is 709 g/mol. The van der Waals surface area contributed by atoms with E-state index in [-0.39, 0.29) is 0 Å². The Morgan fingerprint density at radius 1 is 0.340 bits per heavy atom. The number of hydrogen-bond donors (Lipinski definition) is 0. The van der Waals surface area contributed by atoms with Crippen molar-refractivity contribution in [2.45, 2.75) is 0 Å². The molecule has 0 spiro atoms. The molecule has 0 unspecified atom stereocenters. The first-order chi connectivity index (χ1) is 26.3. The highest BCUT2D eigenvalue weighted by atomic mass is 32.1. The minimum absolute atomic E-state index is 0.927. The summed E-state index contributed by atoms with van der Waals surface area (Å²) in [5, 5.41) is 13.8. The molecule has 0 fully saturated rings. The molecule has 0 atom stereocenters. The summed E-state index contributed by atoms with van der Waals surface area (Å²) >= 11 is 3.75. The third-order valence-electron chi connectivity index (χ3n) is 11.1. The predicted molar refractivity (Wildman–Crippen MR) is 231 cm³/mol. The van der Waals surface area contributed by atoms with Crippen LogP contribution in [0.1, 0.15) is 0 Å². The molecule has 0 radical (unpaired) electrons. The maximum atomic E-state index is 6.67. The summed E-state index contributed by atoms with van der Waals surface area (Å²) in [6.45, 7) is 0. The van der Waals surface area contributed by atoms with Crippen molar-refractivity contribution in [1.29, 1.82) is 0 Å².